The van der Waals surface area contributed by atoms with Crippen LogP contribution in [0.4, 0.5) is 19.0 Å². The summed E-state index contributed by atoms with van der Waals surface area (Å²) >= 11 is 0. The topological polar surface area (TPSA) is 45.1 Å². The molecule has 1 rings (SSSR count). The molecule has 2 N–H and O–H groups in total. The lowest BCUT2D eigenvalue weighted by Crippen LogP contribution is -2.30. The van der Waals surface area contributed by atoms with E-state index in [0.29, 0.717) is 0 Å². The van der Waals surface area contributed by atoms with Gasteiger partial charge in [0.25, 0.3) is 0 Å². The zero-order chi connectivity index (χ0) is 13.1. The molecule has 1 unspecified atom stereocenters. The molecule has 1 aromatic heterocycles. The Morgan fingerprint density at radius 3 is 2.53 bits per heavy atom. The Hall–Kier alpha value is -1.30. The van der Waals surface area contributed by atoms with E-state index in [1.54, 1.807) is 0 Å². The molecule has 3 nitrogen and oxygen atoms in total. The number of aliphatic hydroxyl groups excluding tert-OH is 1. The standard InChI is InChI=1S/C11H15F3N2O/c1-7(2)9(6-17)16-10-5-8(3-4-15-10)11(12,13)14/h3-5,7,9,17H,6H2,1-2H3,(H,15,16). The zero-order valence-electron chi connectivity index (χ0n) is 9.62. The van der Waals surface area contributed by atoms with Crippen LogP contribution < -0.4 is 5.32 Å². The Balaban J connectivity index is 2.85. The van der Waals surface area contributed by atoms with Crippen molar-refractivity contribution in [3.05, 3.63) is 23.9 Å². The van der Waals surface area contributed by atoms with Crippen molar-refractivity contribution in [1.82, 2.24) is 4.98 Å². The summed E-state index contributed by atoms with van der Waals surface area (Å²) in [5.41, 5.74) is -0.754. The van der Waals surface area contributed by atoms with Crippen molar-refractivity contribution < 1.29 is 18.3 Å². The molecule has 0 saturated heterocycles. The minimum Gasteiger partial charge on any atom is -0.394 e. The van der Waals surface area contributed by atoms with Crippen LogP contribution in [0.2, 0.25) is 0 Å². The van der Waals surface area contributed by atoms with Gasteiger partial charge in [0.1, 0.15) is 5.82 Å². The summed E-state index contributed by atoms with van der Waals surface area (Å²) < 4.78 is 37.3. The average Bonchev–Trinajstić information content (AvgIpc) is 2.24. The first-order chi connectivity index (χ1) is 7.84. The molecule has 0 aliphatic heterocycles. The largest absolute Gasteiger partial charge is 0.416 e. The summed E-state index contributed by atoms with van der Waals surface area (Å²) in [7, 11) is 0. The van der Waals surface area contributed by atoms with Crippen molar-refractivity contribution >= 4 is 5.82 Å². The van der Waals surface area contributed by atoms with Crippen molar-refractivity contribution in [2.24, 2.45) is 5.92 Å². The van der Waals surface area contributed by atoms with E-state index in [9.17, 15) is 13.2 Å². The second-order valence-corrected chi connectivity index (χ2v) is 4.10. The highest BCUT2D eigenvalue weighted by molar-refractivity contribution is 5.39. The van der Waals surface area contributed by atoms with Crippen LogP contribution in [0.3, 0.4) is 0 Å². The smallest absolute Gasteiger partial charge is 0.394 e. The molecule has 6 heteroatoms. The van der Waals surface area contributed by atoms with E-state index in [1.165, 1.54) is 0 Å². The zero-order valence-corrected chi connectivity index (χ0v) is 9.62. The van der Waals surface area contributed by atoms with Crippen molar-refractivity contribution in [3.63, 3.8) is 0 Å². The van der Waals surface area contributed by atoms with Gasteiger partial charge in [-0.25, -0.2) is 4.98 Å². The average molecular weight is 248 g/mol. The van der Waals surface area contributed by atoms with Gasteiger partial charge in [0.05, 0.1) is 18.2 Å². The first-order valence-electron chi connectivity index (χ1n) is 5.25. The SMILES string of the molecule is CC(C)C(CO)Nc1cc(C(F)(F)F)ccn1. The third kappa shape index (κ3) is 3.89. The lowest BCUT2D eigenvalue weighted by molar-refractivity contribution is -0.137. The summed E-state index contributed by atoms with van der Waals surface area (Å²) in [6.07, 6.45) is -3.29. The summed E-state index contributed by atoms with van der Waals surface area (Å²) in [5.74, 6) is 0.212. The van der Waals surface area contributed by atoms with Gasteiger partial charge in [0.2, 0.25) is 0 Å². The van der Waals surface area contributed by atoms with Crippen LogP contribution in [-0.4, -0.2) is 22.7 Å². The number of aromatic nitrogens is 1. The summed E-state index contributed by atoms with van der Waals surface area (Å²) in [6, 6.07) is 1.53. The predicted molar refractivity (Wildman–Crippen MR) is 58.6 cm³/mol. The number of hydrogen-bond acceptors (Lipinski definition) is 3. The Labute approximate surface area is 97.7 Å². The molecule has 0 bridgehead atoms. The Kier molecular flexibility index (Phi) is 4.34. The number of nitrogens with zero attached hydrogens (tertiary/aromatic N) is 1. The summed E-state index contributed by atoms with van der Waals surface area (Å²) in [6.45, 7) is 3.57. The molecule has 0 radical (unpaired) electrons. The Morgan fingerprint density at radius 2 is 2.06 bits per heavy atom. The van der Waals surface area contributed by atoms with E-state index in [-0.39, 0.29) is 24.4 Å². The molecule has 0 fully saturated rings. The quantitative estimate of drug-likeness (QED) is 0.860. The molecule has 0 aromatic carbocycles. The van der Waals surface area contributed by atoms with Crippen LogP contribution in [0.15, 0.2) is 18.3 Å². The highest BCUT2D eigenvalue weighted by atomic mass is 19.4. The summed E-state index contributed by atoms with van der Waals surface area (Å²) in [5, 5.41) is 11.9. The van der Waals surface area contributed by atoms with Gasteiger partial charge in [0, 0.05) is 6.20 Å². The van der Waals surface area contributed by atoms with Gasteiger partial charge in [-0.15, -0.1) is 0 Å². The Bertz CT molecular complexity index is 366. The van der Waals surface area contributed by atoms with Crippen LogP contribution in [0, 0.1) is 5.92 Å². The van der Waals surface area contributed by atoms with Crippen LogP contribution >= 0.6 is 0 Å². The first-order valence-corrected chi connectivity index (χ1v) is 5.25. The summed E-state index contributed by atoms with van der Waals surface area (Å²) in [4.78, 5) is 3.80. The fraction of sp³-hybridized carbons (Fsp3) is 0.545. The monoisotopic (exact) mass is 248 g/mol. The molecule has 0 aliphatic rings. The molecule has 0 spiro atoms. The maximum atomic E-state index is 12.4. The van der Waals surface area contributed by atoms with Crippen molar-refractivity contribution in [2.75, 3.05) is 11.9 Å². The van der Waals surface area contributed by atoms with Gasteiger partial charge in [-0.2, -0.15) is 13.2 Å². The van der Waals surface area contributed by atoms with Crippen LogP contribution in [0.25, 0.3) is 0 Å². The lowest BCUT2D eigenvalue weighted by atomic mass is 10.1. The number of nitrogens with one attached hydrogen (secondary N) is 1. The van der Waals surface area contributed by atoms with Gasteiger partial charge in [0.15, 0.2) is 0 Å². The van der Waals surface area contributed by atoms with Crippen LogP contribution in [0.5, 0.6) is 0 Å². The fourth-order valence-corrected chi connectivity index (χ4v) is 1.30. The molecule has 96 valence electrons. The first kappa shape index (κ1) is 13.8. The van der Waals surface area contributed by atoms with Gasteiger partial charge in [-0.1, -0.05) is 13.8 Å². The van der Waals surface area contributed by atoms with E-state index >= 15 is 0 Å². The highest BCUT2D eigenvalue weighted by Gasteiger charge is 2.30. The van der Waals surface area contributed by atoms with E-state index < -0.39 is 11.7 Å². The lowest BCUT2D eigenvalue weighted by Gasteiger charge is -2.20. The highest BCUT2D eigenvalue weighted by Crippen LogP contribution is 2.30. The molecular formula is C11H15F3N2O. The van der Waals surface area contributed by atoms with Gasteiger partial charge in [-0.3, -0.25) is 0 Å². The number of rotatable bonds is 4. The molecule has 0 aliphatic carbocycles. The number of hydrogen-bond donors (Lipinski definition) is 2. The molecule has 0 saturated carbocycles. The van der Waals surface area contributed by atoms with Gasteiger partial charge in [-0.05, 0) is 18.1 Å². The molecule has 0 amide bonds. The molecule has 1 heterocycles. The van der Waals surface area contributed by atoms with Gasteiger partial charge < -0.3 is 10.4 Å². The Morgan fingerprint density at radius 1 is 1.41 bits per heavy atom. The van der Waals surface area contributed by atoms with Crippen molar-refractivity contribution in [2.45, 2.75) is 26.1 Å². The number of halogens is 3. The van der Waals surface area contributed by atoms with Crippen LogP contribution in [-0.2, 0) is 6.18 Å². The van der Waals surface area contributed by atoms with E-state index in [1.807, 2.05) is 13.8 Å². The predicted octanol–water partition coefficient (Wildman–Crippen LogP) is 2.53. The van der Waals surface area contributed by atoms with Crippen molar-refractivity contribution in [3.8, 4) is 0 Å². The third-order valence-electron chi connectivity index (χ3n) is 2.42. The second-order valence-electron chi connectivity index (χ2n) is 4.10. The molecular weight excluding hydrogens is 233 g/mol. The number of alkyl halides is 3. The third-order valence-corrected chi connectivity index (χ3v) is 2.42. The van der Waals surface area contributed by atoms with E-state index in [4.69, 9.17) is 5.11 Å². The minimum absolute atomic E-state index is 0.0938. The van der Waals surface area contributed by atoms with E-state index in [2.05, 4.69) is 10.3 Å². The molecule has 1 aromatic rings. The van der Waals surface area contributed by atoms with Crippen LogP contribution in [0.1, 0.15) is 19.4 Å². The van der Waals surface area contributed by atoms with E-state index in [0.717, 1.165) is 18.3 Å². The number of aliphatic hydroxyl groups is 1. The maximum Gasteiger partial charge on any atom is 0.416 e. The molecule has 1 atom stereocenters. The van der Waals surface area contributed by atoms with Gasteiger partial charge >= 0.3 is 6.18 Å². The fourth-order valence-electron chi connectivity index (χ4n) is 1.30. The minimum atomic E-state index is -4.38. The number of anilines is 1. The normalized spacial score (nSPS) is 13.8. The second kappa shape index (κ2) is 5.35. The number of pyridine rings is 1. The van der Waals surface area contributed by atoms with Crippen molar-refractivity contribution in [1.29, 1.82) is 0 Å². The maximum absolute atomic E-state index is 12.4. The molecule has 17 heavy (non-hydrogen) atoms.